The van der Waals surface area contributed by atoms with Crippen molar-refractivity contribution >= 4 is 33.2 Å². The number of benzene rings is 2. The maximum Gasteiger partial charge on any atom is 0.225 e. The normalized spacial score (nSPS) is 11.3. The third-order valence-electron chi connectivity index (χ3n) is 4.82. The van der Waals surface area contributed by atoms with Gasteiger partial charge in [0.1, 0.15) is 5.82 Å². The molecule has 3 heterocycles. The van der Waals surface area contributed by atoms with Crippen molar-refractivity contribution in [2.45, 2.75) is 12.8 Å². The molecule has 3 aromatic heterocycles. The lowest BCUT2D eigenvalue weighted by atomic mass is 10.2. The lowest BCUT2D eigenvalue weighted by Crippen LogP contribution is -2.27. The number of H-pyrrole nitrogens is 1. The topological polar surface area (TPSA) is 75.1 Å². The van der Waals surface area contributed by atoms with Crippen molar-refractivity contribution in [3.05, 3.63) is 77.7 Å². The summed E-state index contributed by atoms with van der Waals surface area (Å²) in [7, 11) is 0. The van der Waals surface area contributed by atoms with Crippen LogP contribution in [0.5, 0.6) is 0 Å². The fraction of sp³-hybridized carbons (Fsp3) is 0.136. The Hall–Kier alpha value is -3.45. The predicted octanol–water partition coefficient (Wildman–Crippen LogP) is 3.84. The van der Waals surface area contributed by atoms with E-state index in [0.29, 0.717) is 19.4 Å². The van der Waals surface area contributed by atoms with Crippen LogP contribution in [0.2, 0.25) is 0 Å². The van der Waals surface area contributed by atoms with Crippen LogP contribution in [0.3, 0.4) is 0 Å². The van der Waals surface area contributed by atoms with Gasteiger partial charge in [0, 0.05) is 35.8 Å². The predicted molar refractivity (Wildman–Crippen MR) is 115 cm³/mol. The highest BCUT2D eigenvalue weighted by Crippen LogP contribution is 2.23. The minimum atomic E-state index is -0.00391. The SMILES string of the molecule is O=C(Cc1csc2nc(-c3ccccc3)cn12)NCCc1nc2ccccc2[nH]1. The smallest absolute Gasteiger partial charge is 0.225 e. The van der Waals surface area contributed by atoms with Crippen LogP contribution in [0, 0.1) is 0 Å². The Bertz CT molecular complexity index is 1250. The van der Waals surface area contributed by atoms with E-state index in [4.69, 9.17) is 0 Å². The molecule has 0 aliphatic rings. The van der Waals surface area contributed by atoms with Gasteiger partial charge in [-0.25, -0.2) is 9.97 Å². The van der Waals surface area contributed by atoms with Crippen molar-refractivity contribution in [2.75, 3.05) is 6.54 Å². The van der Waals surface area contributed by atoms with Gasteiger partial charge in [0.2, 0.25) is 5.91 Å². The molecule has 0 bridgehead atoms. The van der Waals surface area contributed by atoms with E-state index >= 15 is 0 Å². The van der Waals surface area contributed by atoms with E-state index in [1.54, 1.807) is 11.3 Å². The number of amides is 1. The van der Waals surface area contributed by atoms with Crippen LogP contribution in [0.25, 0.3) is 27.3 Å². The number of carbonyl (C=O) groups is 1. The lowest BCUT2D eigenvalue weighted by Gasteiger charge is -2.03. The highest BCUT2D eigenvalue weighted by molar-refractivity contribution is 7.15. The van der Waals surface area contributed by atoms with Gasteiger partial charge < -0.3 is 10.3 Å². The Morgan fingerprint density at radius 3 is 2.76 bits per heavy atom. The van der Waals surface area contributed by atoms with E-state index in [-0.39, 0.29) is 5.91 Å². The quantitative estimate of drug-likeness (QED) is 0.454. The molecule has 7 heteroatoms. The summed E-state index contributed by atoms with van der Waals surface area (Å²) >= 11 is 1.55. The Morgan fingerprint density at radius 1 is 1.07 bits per heavy atom. The number of aromatic nitrogens is 4. The van der Waals surface area contributed by atoms with Gasteiger partial charge in [-0.2, -0.15) is 0 Å². The van der Waals surface area contributed by atoms with Gasteiger partial charge in [0.25, 0.3) is 0 Å². The number of nitrogens with one attached hydrogen (secondary N) is 2. The van der Waals surface area contributed by atoms with Crippen LogP contribution < -0.4 is 5.32 Å². The summed E-state index contributed by atoms with van der Waals surface area (Å²) in [4.78, 5) is 25.8. The molecule has 1 amide bonds. The Kier molecular flexibility index (Phi) is 4.57. The molecule has 29 heavy (non-hydrogen) atoms. The molecule has 144 valence electrons. The number of fused-ring (bicyclic) bond motifs is 2. The summed E-state index contributed by atoms with van der Waals surface area (Å²) in [5, 5.41) is 4.98. The zero-order valence-corrected chi connectivity index (χ0v) is 16.4. The summed E-state index contributed by atoms with van der Waals surface area (Å²) in [6.07, 6.45) is 2.99. The van der Waals surface area contributed by atoms with E-state index in [1.165, 1.54) is 0 Å². The molecule has 0 saturated heterocycles. The van der Waals surface area contributed by atoms with Crippen LogP contribution in [0.1, 0.15) is 11.5 Å². The number of carbonyl (C=O) groups excluding carboxylic acids is 1. The zero-order chi connectivity index (χ0) is 19.6. The standard InChI is InChI=1S/C22H19N5OS/c28-21(23-11-10-20-24-17-8-4-5-9-18(17)25-20)12-16-14-29-22-26-19(13-27(16)22)15-6-2-1-3-7-15/h1-9,13-14H,10-12H2,(H,23,28)(H,24,25). The number of nitrogens with zero attached hydrogens (tertiary/aromatic N) is 3. The van der Waals surface area contributed by atoms with E-state index in [0.717, 1.165) is 38.8 Å². The summed E-state index contributed by atoms with van der Waals surface area (Å²) in [5.41, 5.74) is 4.90. The van der Waals surface area contributed by atoms with Crippen LogP contribution in [-0.2, 0) is 17.6 Å². The van der Waals surface area contributed by atoms with Crippen molar-refractivity contribution < 1.29 is 4.79 Å². The third kappa shape index (κ3) is 3.64. The first-order chi connectivity index (χ1) is 14.3. The first-order valence-electron chi connectivity index (χ1n) is 9.47. The highest BCUT2D eigenvalue weighted by Gasteiger charge is 2.12. The molecule has 6 nitrogen and oxygen atoms in total. The number of thiazole rings is 1. The number of hydrogen-bond donors (Lipinski definition) is 2. The Morgan fingerprint density at radius 2 is 1.90 bits per heavy atom. The summed E-state index contributed by atoms with van der Waals surface area (Å²) in [6, 6.07) is 18.0. The second-order valence-corrected chi connectivity index (χ2v) is 7.69. The molecule has 0 spiro atoms. The molecule has 0 radical (unpaired) electrons. The summed E-state index contributed by atoms with van der Waals surface area (Å²) in [6.45, 7) is 0.547. The molecule has 0 aliphatic carbocycles. The fourth-order valence-electron chi connectivity index (χ4n) is 3.38. The largest absolute Gasteiger partial charge is 0.355 e. The third-order valence-corrected chi connectivity index (χ3v) is 5.71. The van der Waals surface area contributed by atoms with Gasteiger partial charge in [-0.05, 0) is 12.1 Å². The zero-order valence-electron chi connectivity index (χ0n) is 15.6. The molecule has 5 aromatic rings. The maximum atomic E-state index is 12.4. The molecule has 5 rings (SSSR count). The van der Waals surface area contributed by atoms with Crippen molar-refractivity contribution in [3.8, 4) is 11.3 Å². The number of aromatic amines is 1. The first-order valence-corrected chi connectivity index (χ1v) is 10.4. The Labute approximate surface area is 171 Å². The van der Waals surface area contributed by atoms with Gasteiger partial charge in [0.05, 0.1) is 23.1 Å². The second kappa shape index (κ2) is 7.52. The number of rotatable bonds is 6. The molecule has 2 aromatic carbocycles. The van der Waals surface area contributed by atoms with Gasteiger partial charge in [-0.15, -0.1) is 11.3 Å². The first kappa shape index (κ1) is 17.6. The van der Waals surface area contributed by atoms with Crippen molar-refractivity contribution in [3.63, 3.8) is 0 Å². The summed E-state index contributed by atoms with van der Waals surface area (Å²) < 4.78 is 2.01. The van der Waals surface area contributed by atoms with Gasteiger partial charge in [-0.3, -0.25) is 9.20 Å². The molecular weight excluding hydrogens is 382 g/mol. The van der Waals surface area contributed by atoms with Gasteiger partial charge in [0.15, 0.2) is 4.96 Å². The van der Waals surface area contributed by atoms with Crippen molar-refractivity contribution in [1.29, 1.82) is 0 Å². The van der Waals surface area contributed by atoms with E-state index in [9.17, 15) is 4.79 Å². The van der Waals surface area contributed by atoms with Gasteiger partial charge >= 0.3 is 0 Å². The Balaban J connectivity index is 1.22. The number of imidazole rings is 2. The van der Waals surface area contributed by atoms with Crippen molar-refractivity contribution in [2.24, 2.45) is 0 Å². The minimum absolute atomic E-state index is 0.00391. The van der Waals surface area contributed by atoms with Crippen LogP contribution in [-0.4, -0.2) is 31.8 Å². The average Bonchev–Trinajstić information content (AvgIpc) is 3.43. The fourth-order valence-corrected chi connectivity index (χ4v) is 4.25. The van der Waals surface area contributed by atoms with E-state index in [2.05, 4.69) is 20.3 Å². The second-order valence-electron chi connectivity index (χ2n) is 6.85. The maximum absolute atomic E-state index is 12.4. The van der Waals surface area contributed by atoms with Crippen LogP contribution in [0.15, 0.2) is 66.2 Å². The summed E-state index contributed by atoms with van der Waals surface area (Å²) in [5.74, 6) is 0.877. The van der Waals surface area contributed by atoms with Crippen LogP contribution >= 0.6 is 11.3 Å². The molecule has 0 fully saturated rings. The molecule has 0 unspecified atom stereocenters. The van der Waals surface area contributed by atoms with Crippen LogP contribution in [0.4, 0.5) is 0 Å². The number of hydrogen-bond acceptors (Lipinski definition) is 4. The molecule has 2 N–H and O–H groups in total. The van der Waals surface area contributed by atoms with Gasteiger partial charge in [-0.1, -0.05) is 42.5 Å². The molecular formula is C22H19N5OS. The number of para-hydroxylation sites is 2. The highest BCUT2D eigenvalue weighted by atomic mass is 32.1. The van der Waals surface area contributed by atoms with E-state index < -0.39 is 0 Å². The lowest BCUT2D eigenvalue weighted by molar-refractivity contribution is -0.120. The average molecular weight is 401 g/mol. The monoisotopic (exact) mass is 401 g/mol. The minimum Gasteiger partial charge on any atom is -0.355 e. The molecule has 0 saturated carbocycles. The molecule has 0 aliphatic heterocycles. The van der Waals surface area contributed by atoms with Crippen molar-refractivity contribution in [1.82, 2.24) is 24.7 Å². The van der Waals surface area contributed by atoms with E-state index in [1.807, 2.05) is 70.6 Å². The molecule has 0 atom stereocenters.